The van der Waals surface area contributed by atoms with Crippen molar-refractivity contribution in [2.45, 2.75) is 13.3 Å². The molecule has 0 aromatic carbocycles. The van der Waals surface area contributed by atoms with Gasteiger partial charge in [-0.05, 0) is 32.1 Å². The van der Waals surface area contributed by atoms with Crippen molar-refractivity contribution in [2.24, 2.45) is 0 Å². The molecule has 0 aromatic heterocycles. The summed E-state index contributed by atoms with van der Waals surface area (Å²) in [6.45, 7) is 12.4. The monoisotopic (exact) mass is 257 g/mol. The fourth-order valence-corrected chi connectivity index (χ4v) is 1.80. The lowest BCUT2D eigenvalue weighted by molar-refractivity contribution is 0.0376. The maximum absolute atomic E-state index is 5.30. The number of thiocarbonyl (C=S) groups is 1. The van der Waals surface area contributed by atoms with Gasteiger partial charge in [0, 0.05) is 26.2 Å². The number of hydrogen-bond acceptors (Lipinski definition) is 3. The van der Waals surface area contributed by atoms with Gasteiger partial charge in [-0.15, -0.1) is 0 Å². The molecule has 2 N–H and O–H groups in total. The molecule has 4 nitrogen and oxygen atoms in total. The van der Waals surface area contributed by atoms with Crippen LogP contribution in [0.15, 0.2) is 12.2 Å². The van der Waals surface area contributed by atoms with Gasteiger partial charge < -0.3 is 15.4 Å². The second-order valence-electron chi connectivity index (χ2n) is 4.37. The second-order valence-corrected chi connectivity index (χ2v) is 4.78. The van der Waals surface area contributed by atoms with Gasteiger partial charge in [-0.3, -0.25) is 4.90 Å². The van der Waals surface area contributed by atoms with E-state index in [1.807, 2.05) is 6.92 Å². The average molecular weight is 257 g/mol. The molecule has 0 amide bonds. The van der Waals surface area contributed by atoms with Crippen molar-refractivity contribution in [2.75, 3.05) is 45.9 Å². The fourth-order valence-electron chi connectivity index (χ4n) is 1.62. The highest BCUT2D eigenvalue weighted by Gasteiger charge is 2.08. The molecule has 0 atom stereocenters. The lowest BCUT2D eigenvalue weighted by Crippen LogP contribution is -2.40. The topological polar surface area (TPSA) is 36.5 Å². The average Bonchev–Trinajstić information content (AvgIpc) is 2.33. The first-order chi connectivity index (χ1) is 8.18. The Balaban J connectivity index is 1.95. The molecule has 1 aliphatic rings. The van der Waals surface area contributed by atoms with Gasteiger partial charge in [-0.2, -0.15) is 0 Å². The molecule has 0 spiro atoms. The van der Waals surface area contributed by atoms with E-state index in [-0.39, 0.29) is 0 Å². The zero-order chi connectivity index (χ0) is 12.5. The standard InChI is InChI=1S/C12H23N3OS/c1-11(2)10-14-12(17)13-4-3-5-15-6-8-16-9-7-15/h1,3-10H2,2H3,(H2,13,14,17). The molecule has 1 aliphatic heterocycles. The third-order valence-corrected chi connectivity index (χ3v) is 2.88. The number of nitrogens with zero attached hydrogens (tertiary/aromatic N) is 1. The molecule has 0 saturated carbocycles. The molecule has 1 saturated heterocycles. The Labute approximate surface area is 109 Å². The minimum atomic E-state index is 0.718. The van der Waals surface area contributed by atoms with Gasteiger partial charge in [0.25, 0.3) is 0 Å². The second kappa shape index (κ2) is 8.44. The first-order valence-electron chi connectivity index (χ1n) is 6.14. The van der Waals surface area contributed by atoms with Crippen LogP contribution in [0.5, 0.6) is 0 Å². The highest BCUT2D eigenvalue weighted by Crippen LogP contribution is 1.97. The summed E-state index contributed by atoms with van der Waals surface area (Å²) in [4.78, 5) is 2.43. The lowest BCUT2D eigenvalue weighted by Gasteiger charge is -2.26. The van der Waals surface area contributed by atoms with Crippen molar-refractivity contribution in [3.05, 3.63) is 12.2 Å². The molecule has 0 bridgehead atoms. The van der Waals surface area contributed by atoms with Gasteiger partial charge >= 0.3 is 0 Å². The Bertz CT molecular complexity index is 252. The lowest BCUT2D eigenvalue weighted by atomic mass is 10.3. The molecule has 1 heterocycles. The van der Waals surface area contributed by atoms with Crippen LogP contribution in [0.25, 0.3) is 0 Å². The summed E-state index contributed by atoms with van der Waals surface area (Å²) in [5.74, 6) is 0. The highest BCUT2D eigenvalue weighted by atomic mass is 32.1. The molecule has 0 aliphatic carbocycles. The minimum absolute atomic E-state index is 0.718. The van der Waals surface area contributed by atoms with Crippen LogP contribution in [0.4, 0.5) is 0 Å². The Morgan fingerprint density at radius 3 is 2.71 bits per heavy atom. The first kappa shape index (κ1) is 14.4. The van der Waals surface area contributed by atoms with Gasteiger partial charge in [-0.25, -0.2) is 0 Å². The van der Waals surface area contributed by atoms with Crippen molar-refractivity contribution in [1.82, 2.24) is 15.5 Å². The van der Waals surface area contributed by atoms with Crippen LogP contribution in [-0.4, -0.2) is 55.9 Å². The third kappa shape index (κ3) is 7.31. The van der Waals surface area contributed by atoms with Crippen molar-refractivity contribution < 1.29 is 4.74 Å². The summed E-state index contributed by atoms with van der Waals surface area (Å²) in [6.07, 6.45) is 1.11. The molecule has 1 rings (SSSR count). The highest BCUT2D eigenvalue weighted by molar-refractivity contribution is 7.80. The number of rotatable bonds is 6. The van der Waals surface area contributed by atoms with E-state index in [9.17, 15) is 0 Å². The van der Waals surface area contributed by atoms with Crippen LogP contribution in [0.1, 0.15) is 13.3 Å². The number of nitrogens with one attached hydrogen (secondary N) is 2. The largest absolute Gasteiger partial charge is 0.379 e. The van der Waals surface area contributed by atoms with Gasteiger partial charge in [0.2, 0.25) is 0 Å². The number of ether oxygens (including phenoxy) is 1. The Kier molecular flexibility index (Phi) is 7.16. The zero-order valence-electron chi connectivity index (χ0n) is 10.6. The molecule has 98 valence electrons. The van der Waals surface area contributed by atoms with Gasteiger partial charge in [0.15, 0.2) is 5.11 Å². The summed E-state index contributed by atoms with van der Waals surface area (Å²) in [5.41, 5.74) is 1.09. The van der Waals surface area contributed by atoms with Crippen LogP contribution < -0.4 is 10.6 Å². The van der Waals surface area contributed by atoms with Crippen LogP contribution in [0.2, 0.25) is 0 Å². The predicted octanol–water partition coefficient (Wildman–Crippen LogP) is 0.749. The number of morpholine rings is 1. The summed E-state index contributed by atoms with van der Waals surface area (Å²) < 4.78 is 5.30. The Hall–Kier alpha value is -0.650. The normalized spacial score (nSPS) is 16.5. The van der Waals surface area contributed by atoms with E-state index in [2.05, 4.69) is 22.1 Å². The third-order valence-electron chi connectivity index (χ3n) is 2.59. The van der Waals surface area contributed by atoms with Crippen LogP contribution in [0.3, 0.4) is 0 Å². The zero-order valence-corrected chi connectivity index (χ0v) is 11.4. The van der Waals surface area contributed by atoms with E-state index < -0.39 is 0 Å². The van der Waals surface area contributed by atoms with Crippen LogP contribution in [-0.2, 0) is 4.74 Å². The first-order valence-corrected chi connectivity index (χ1v) is 6.55. The molecule has 0 radical (unpaired) electrons. The maximum atomic E-state index is 5.30. The van der Waals surface area contributed by atoms with Crippen molar-refractivity contribution >= 4 is 17.3 Å². The van der Waals surface area contributed by atoms with Gasteiger partial charge in [0.1, 0.15) is 0 Å². The van der Waals surface area contributed by atoms with Crippen molar-refractivity contribution in [1.29, 1.82) is 0 Å². The SMILES string of the molecule is C=C(C)CNC(=S)NCCCN1CCOCC1. The van der Waals surface area contributed by atoms with Crippen LogP contribution in [0, 0.1) is 0 Å². The molecule has 0 aromatic rings. The maximum Gasteiger partial charge on any atom is 0.166 e. The smallest absolute Gasteiger partial charge is 0.166 e. The molecule has 17 heavy (non-hydrogen) atoms. The van der Waals surface area contributed by atoms with E-state index in [4.69, 9.17) is 17.0 Å². The van der Waals surface area contributed by atoms with Crippen molar-refractivity contribution in [3.63, 3.8) is 0 Å². The summed E-state index contributed by atoms with van der Waals surface area (Å²) in [5, 5.41) is 7.02. The molecule has 0 unspecified atom stereocenters. The predicted molar refractivity (Wildman–Crippen MR) is 75.3 cm³/mol. The quantitative estimate of drug-likeness (QED) is 0.417. The summed E-state index contributed by atoms with van der Waals surface area (Å²) in [7, 11) is 0. The summed E-state index contributed by atoms with van der Waals surface area (Å²) in [6, 6.07) is 0. The molecular weight excluding hydrogens is 234 g/mol. The fraction of sp³-hybridized carbons (Fsp3) is 0.750. The molecule has 1 fully saturated rings. The van der Waals surface area contributed by atoms with Crippen LogP contribution >= 0.6 is 12.2 Å². The van der Waals surface area contributed by atoms with Crippen molar-refractivity contribution in [3.8, 4) is 0 Å². The van der Waals surface area contributed by atoms with E-state index in [0.29, 0.717) is 0 Å². The Morgan fingerprint density at radius 2 is 2.06 bits per heavy atom. The number of hydrogen-bond donors (Lipinski definition) is 2. The molecule has 5 heteroatoms. The van der Waals surface area contributed by atoms with E-state index in [1.165, 1.54) is 0 Å². The van der Waals surface area contributed by atoms with E-state index >= 15 is 0 Å². The Morgan fingerprint density at radius 1 is 1.35 bits per heavy atom. The van der Waals surface area contributed by atoms with E-state index in [0.717, 1.165) is 63.0 Å². The van der Waals surface area contributed by atoms with E-state index in [1.54, 1.807) is 0 Å². The molecular formula is C12H23N3OS. The van der Waals surface area contributed by atoms with Gasteiger partial charge in [0.05, 0.1) is 13.2 Å². The minimum Gasteiger partial charge on any atom is -0.379 e. The summed E-state index contributed by atoms with van der Waals surface area (Å²) >= 11 is 5.15. The van der Waals surface area contributed by atoms with Gasteiger partial charge in [-0.1, -0.05) is 12.2 Å².